The Hall–Kier alpha value is -0.521. The van der Waals surface area contributed by atoms with Crippen molar-refractivity contribution < 1.29 is 14.1 Å². The molecule has 0 fully saturated rings. The SMILES string of the molecule is CCOC(=O)c1noc[c]1[Sn]([CH3])([CH3])[CH3]. The molecule has 0 bridgehead atoms. The maximum atomic E-state index is 11.5. The van der Waals surface area contributed by atoms with Crippen molar-refractivity contribution in [3.63, 3.8) is 0 Å². The fraction of sp³-hybridized carbons (Fsp3) is 0.556. The minimum atomic E-state index is -2.30. The van der Waals surface area contributed by atoms with E-state index < -0.39 is 18.4 Å². The molecule has 5 heteroatoms. The van der Waals surface area contributed by atoms with E-state index in [1.807, 2.05) is 0 Å². The summed E-state index contributed by atoms with van der Waals surface area (Å²) in [5, 5.41) is 3.70. The predicted octanol–water partition coefficient (Wildman–Crippen LogP) is 1.40. The zero-order valence-electron chi connectivity index (χ0n) is 8.96. The van der Waals surface area contributed by atoms with Crippen LogP contribution in [-0.2, 0) is 4.74 Å². The van der Waals surface area contributed by atoms with Crippen LogP contribution in [-0.4, -0.2) is 36.1 Å². The first kappa shape index (κ1) is 11.6. The van der Waals surface area contributed by atoms with Crippen LogP contribution in [0.2, 0.25) is 14.8 Å². The van der Waals surface area contributed by atoms with Crippen molar-refractivity contribution in [2.75, 3.05) is 6.61 Å². The van der Waals surface area contributed by atoms with Crippen LogP contribution in [0.4, 0.5) is 0 Å². The first-order chi connectivity index (χ1) is 6.46. The third kappa shape index (κ3) is 2.49. The summed E-state index contributed by atoms with van der Waals surface area (Å²) in [6, 6.07) is 0. The molecule has 0 saturated heterocycles. The Morgan fingerprint density at radius 1 is 1.57 bits per heavy atom. The third-order valence-corrected chi connectivity index (χ3v) is 7.47. The number of nitrogens with zero attached hydrogens (tertiary/aromatic N) is 1. The molecule has 1 aromatic rings. The molecule has 1 heterocycles. The standard InChI is InChI=1S/C6H6NO3.3CH3.Sn/c1-2-9-6(8)5-3-4-10-7-5;;;;/h4H,2H2,1H3;3*1H3;. The maximum absolute atomic E-state index is 11.5. The third-order valence-electron chi connectivity index (χ3n) is 1.85. The minimum absolute atomic E-state index is 0.366. The molecule has 0 N–H and O–H groups in total. The summed E-state index contributed by atoms with van der Waals surface area (Å²) < 4.78 is 10.7. The van der Waals surface area contributed by atoms with Gasteiger partial charge in [0.2, 0.25) is 0 Å². The Morgan fingerprint density at radius 3 is 2.71 bits per heavy atom. The summed E-state index contributed by atoms with van der Waals surface area (Å²) in [5.41, 5.74) is 0.371. The fourth-order valence-electron chi connectivity index (χ4n) is 1.12. The molecule has 0 saturated carbocycles. The Bertz CT molecular complexity index is 327. The molecular weight excluding hydrogens is 289 g/mol. The summed E-state index contributed by atoms with van der Waals surface area (Å²) >= 11 is -2.30. The van der Waals surface area contributed by atoms with Crippen molar-refractivity contribution >= 4 is 27.9 Å². The monoisotopic (exact) mass is 305 g/mol. The average Bonchev–Trinajstić information content (AvgIpc) is 2.50. The van der Waals surface area contributed by atoms with E-state index in [1.54, 1.807) is 13.2 Å². The van der Waals surface area contributed by atoms with Crippen LogP contribution in [0.5, 0.6) is 0 Å². The molecule has 0 aliphatic rings. The second-order valence-electron chi connectivity index (χ2n) is 4.05. The Balaban J connectivity index is 2.99. The number of carbonyl (C=O) groups is 1. The van der Waals surface area contributed by atoms with E-state index in [1.165, 1.54) is 0 Å². The summed E-state index contributed by atoms with van der Waals surface area (Å²) in [6.07, 6.45) is 1.59. The van der Waals surface area contributed by atoms with Crippen LogP contribution >= 0.6 is 0 Å². The van der Waals surface area contributed by atoms with Crippen LogP contribution < -0.4 is 3.58 Å². The number of hydrogen-bond acceptors (Lipinski definition) is 4. The van der Waals surface area contributed by atoms with Crippen LogP contribution in [0.15, 0.2) is 10.8 Å². The quantitative estimate of drug-likeness (QED) is 0.625. The predicted molar refractivity (Wildman–Crippen MR) is 55.4 cm³/mol. The zero-order chi connectivity index (χ0) is 10.8. The molecule has 1 aromatic heterocycles. The summed E-state index contributed by atoms with van der Waals surface area (Å²) in [5.74, 6) is -0.372. The number of carbonyl (C=O) groups excluding carboxylic acids is 1. The molecular formula is C9H15NO3Sn. The molecule has 0 radical (unpaired) electrons. The molecule has 0 aliphatic carbocycles. The van der Waals surface area contributed by atoms with Gasteiger partial charge in [0.05, 0.1) is 0 Å². The van der Waals surface area contributed by atoms with Crippen molar-refractivity contribution in [3.8, 4) is 0 Å². The van der Waals surface area contributed by atoms with E-state index in [9.17, 15) is 4.79 Å². The first-order valence-electron chi connectivity index (χ1n) is 4.58. The van der Waals surface area contributed by atoms with Gasteiger partial charge in [0.1, 0.15) is 0 Å². The molecule has 0 unspecified atom stereocenters. The van der Waals surface area contributed by atoms with Gasteiger partial charge in [-0.05, 0) is 0 Å². The molecule has 0 aromatic carbocycles. The van der Waals surface area contributed by atoms with E-state index in [-0.39, 0.29) is 5.97 Å². The Morgan fingerprint density at radius 2 is 2.21 bits per heavy atom. The van der Waals surface area contributed by atoms with Gasteiger partial charge >= 0.3 is 87.4 Å². The van der Waals surface area contributed by atoms with E-state index in [0.717, 1.165) is 3.58 Å². The molecule has 0 spiro atoms. The molecule has 0 aliphatic heterocycles. The average molecular weight is 304 g/mol. The van der Waals surface area contributed by atoms with Crippen molar-refractivity contribution in [1.29, 1.82) is 0 Å². The number of aromatic nitrogens is 1. The Kier molecular flexibility index (Phi) is 3.58. The van der Waals surface area contributed by atoms with Gasteiger partial charge in [-0.3, -0.25) is 0 Å². The zero-order valence-corrected chi connectivity index (χ0v) is 11.8. The van der Waals surface area contributed by atoms with E-state index in [0.29, 0.717) is 12.3 Å². The van der Waals surface area contributed by atoms with Crippen LogP contribution in [0, 0.1) is 0 Å². The molecule has 78 valence electrons. The van der Waals surface area contributed by atoms with Crippen molar-refractivity contribution in [1.82, 2.24) is 5.16 Å². The summed E-state index contributed by atoms with van der Waals surface area (Å²) in [4.78, 5) is 18.1. The van der Waals surface area contributed by atoms with Gasteiger partial charge < -0.3 is 0 Å². The van der Waals surface area contributed by atoms with Gasteiger partial charge in [0.15, 0.2) is 0 Å². The first-order valence-corrected chi connectivity index (χ1v) is 14.6. The van der Waals surface area contributed by atoms with E-state index in [4.69, 9.17) is 9.26 Å². The topological polar surface area (TPSA) is 52.3 Å². The second-order valence-corrected chi connectivity index (χ2v) is 18.4. The van der Waals surface area contributed by atoms with Crippen molar-refractivity contribution in [2.24, 2.45) is 0 Å². The number of hydrogen-bond donors (Lipinski definition) is 0. The fourth-order valence-corrected chi connectivity index (χ4v) is 4.72. The summed E-state index contributed by atoms with van der Waals surface area (Å²) in [7, 11) is 0. The number of rotatable bonds is 3. The van der Waals surface area contributed by atoms with E-state index >= 15 is 0 Å². The molecule has 4 nitrogen and oxygen atoms in total. The van der Waals surface area contributed by atoms with Gasteiger partial charge in [0.25, 0.3) is 0 Å². The van der Waals surface area contributed by atoms with Gasteiger partial charge in [-0.1, -0.05) is 0 Å². The van der Waals surface area contributed by atoms with Gasteiger partial charge in [0, 0.05) is 0 Å². The number of esters is 1. The van der Waals surface area contributed by atoms with Crippen LogP contribution in [0.25, 0.3) is 0 Å². The Labute approximate surface area is 87.5 Å². The van der Waals surface area contributed by atoms with Crippen LogP contribution in [0.1, 0.15) is 17.4 Å². The summed E-state index contributed by atoms with van der Waals surface area (Å²) in [6.45, 7) is 2.14. The van der Waals surface area contributed by atoms with E-state index in [2.05, 4.69) is 20.0 Å². The molecule has 0 atom stereocenters. The normalized spacial score (nSPS) is 11.4. The van der Waals surface area contributed by atoms with Gasteiger partial charge in [-0.2, -0.15) is 0 Å². The van der Waals surface area contributed by atoms with Crippen molar-refractivity contribution in [3.05, 3.63) is 12.0 Å². The van der Waals surface area contributed by atoms with Gasteiger partial charge in [-0.15, -0.1) is 0 Å². The van der Waals surface area contributed by atoms with Gasteiger partial charge in [-0.25, -0.2) is 0 Å². The van der Waals surface area contributed by atoms with Crippen molar-refractivity contribution in [2.45, 2.75) is 21.7 Å². The number of ether oxygens (including phenoxy) is 1. The van der Waals surface area contributed by atoms with Crippen LogP contribution in [0.3, 0.4) is 0 Å². The second kappa shape index (κ2) is 4.33. The molecule has 0 amide bonds. The molecule has 14 heavy (non-hydrogen) atoms. The molecule has 1 rings (SSSR count).